The highest BCUT2D eigenvalue weighted by atomic mass is 19.1. The number of benzene rings is 3. The Bertz CT molecular complexity index is 1200. The lowest BCUT2D eigenvalue weighted by Gasteiger charge is -2.35. The van der Waals surface area contributed by atoms with E-state index in [0.29, 0.717) is 5.56 Å². The van der Waals surface area contributed by atoms with Crippen LogP contribution in [0.3, 0.4) is 0 Å². The fraction of sp³-hybridized carbons (Fsp3) is 0.353. The van der Waals surface area contributed by atoms with Gasteiger partial charge in [-0.05, 0) is 60.6 Å². The smallest absolute Gasteiger partial charge is 0.131 e. The van der Waals surface area contributed by atoms with Crippen LogP contribution in [-0.4, -0.2) is 18.0 Å². The Morgan fingerprint density at radius 3 is 2.44 bits per heavy atom. The molecule has 1 nitrogen and oxygen atoms in total. The highest BCUT2D eigenvalue weighted by molar-refractivity contribution is 5.73. The van der Waals surface area contributed by atoms with Crippen molar-refractivity contribution in [1.29, 1.82) is 0 Å². The van der Waals surface area contributed by atoms with Crippen LogP contribution in [0.4, 0.5) is 4.39 Å². The summed E-state index contributed by atoms with van der Waals surface area (Å²) in [4.78, 5) is 2.39. The second-order valence-corrected chi connectivity index (χ2v) is 10.2. The summed E-state index contributed by atoms with van der Waals surface area (Å²) >= 11 is 0. The van der Waals surface area contributed by atoms with Crippen molar-refractivity contribution in [1.82, 2.24) is 4.90 Å². The maximum absolute atomic E-state index is 15.6. The fourth-order valence-electron chi connectivity index (χ4n) is 5.73. The first kappa shape index (κ1) is 25.9. The minimum Gasteiger partial charge on any atom is -0.372 e. The zero-order valence-corrected chi connectivity index (χ0v) is 22.0. The number of allylic oxidation sites excluding steroid dienone is 1. The monoisotopic (exact) mass is 481 g/mol. The van der Waals surface area contributed by atoms with E-state index >= 15 is 4.39 Å². The molecule has 188 valence electrons. The first-order chi connectivity index (χ1) is 17.5. The van der Waals surface area contributed by atoms with E-state index in [9.17, 15) is 0 Å². The summed E-state index contributed by atoms with van der Waals surface area (Å²) in [5.74, 6) is -0.185. The highest BCUT2D eigenvalue weighted by Crippen LogP contribution is 2.45. The van der Waals surface area contributed by atoms with Gasteiger partial charge in [0, 0.05) is 29.8 Å². The van der Waals surface area contributed by atoms with E-state index in [2.05, 4.69) is 80.4 Å². The van der Waals surface area contributed by atoms with Crippen LogP contribution in [0.2, 0.25) is 0 Å². The van der Waals surface area contributed by atoms with Gasteiger partial charge >= 0.3 is 0 Å². The minimum atomic E-state index is -0.504. The summed E-state index contributed by atoms with van der Waals surface area (Å²) in [6, 6.07) is 22.4. The highest BCUT2D eigenvalue weighted by Gasteiger charge is 2.34. The maximum atomic E-state index is 15.6. The number of aryl methyl sites for hydroxylation is 1. The van der Waals surface area contributed by atoms with Gasteiger partial charge in [-0.25, -0.2) is 4.39 Å². The Kier molecular flexibility index (Phi) is 8.46. The molecule has 0 N–H and O–H groups in total. The molecule has 4 rings (SSSR count). The van der Waals surface area contributed by atoms with Crippen LogP contribution in [-0.2, 0) is 5.41 Å². The van der Waals surface area contributed by atoms with Crippen molar-refractivity contribution in [2.45, 2.75) is 64.2 Å². The summed E-state index contributed by atoms with van der Waals surface area (Å²) in [7, 11) is 0. The van der Waals surface area contributed by atoms with Crippen molar-refractivity contribution in [2.75, 3.05) is 13.1 Å². The van der Waals surface area contributed by atoms with Crippen molar-refractivity contribution in [3.8, 4) is 11.1 Å². The van der Waals surface area contributed by atoms with Gasteiger partial charge in [0.15, 0.2) is 0 Å². The summed E-state index contributed by atoms with van der Waals surface area (Å²) in [6.07, 6.45) is 9.98. The third-order valence-electron chi connectivity index (χ3n) is 7.77. The van der Waals surface area contributed by atoms with Crippen LogP contribution in [0.1, 0.15) is 74.1 Å². The number of halogens is 1. The standard InChI is InChI=1S/C34H40FN/c1-5-7-8-9-21-34(6-2,30-18-13-16-28(25-30)27(4)36-22-10-11-23-36)31-19-14-20-32(35)33(31)29-17-12-15-26(3)24-29/h6,12-20,24-25H,2,4-5,7-11,21-23H2,1,3H3. The molecule has 0 aromatic heterocycles. The van der Waals surface area contributed by atoms with Gasteiger partial charge in [0.05, 0.1) is 0 Å². The van der Waals surface area contributed by atoms with E-state index in [0.717, 1.165) is 65.9 Å². The molecule has 0 radical (unpaired) electrons. The third kappa shape index (κ3) is 5.33. The molecule has 0 spiro atoms. The number of likely N-dealkylation sites (tertiary alicyclic amines) is 1. The predicted molar refractivity (Wildman–Crippen MR) is 153 cm³/mol. The van der Waals surface area contributed by atoms with Gasteiger partial charge in [0.25, 0.3) is 0 Å². The van der Waals surface area contributed by atoms with E-state index < -0.39 is 5.41 Å². The predicted octanol–water partition coefficient (Wildman–Crippen LogP) is 9.31. The SMILES string of the molecule is C=CC(CCCCCC)(c1cccc(C(=C)N2CCCC2)c1)c1cccc(F)c1-c1cccc(C)c1. The molecular weight excluding hydrogens is 441 g/mol. The van der Waals surface area contributed by atoms with Crippen molar-refractivity contribution < 1.29 is 4.39 Å². The van der Waals surface area contributed by atoms with Crippen molar-refractivity contribution in [3.05, 3.63) is 114 Å². The van der Waals surface area contributed by atoms with E-state index in [-0.39, 0.29) is 5.82 Å². The number of hydrogen-bond donors (Lipinski definition) is 0. The maximum Gasteiger partial charge on any atom is 0.131 e. The average molecular weight is 482 g/mol. The molecule has 36 heavy (non-hydrogen) atoms. The average Bonchev–Trinajstić information content (AvgIpc) is 3.44. The minimum absolute atomic E-state index is 0.185. The molecular formula is C34H40FN. The van der Waals surface area contributed by atoms with E-state index in [1.165, 1.54) is 25.7 Å². The molecule has 0 saturated carbocycles. The van der Waals surface area contributed by atoms with Crippen LogP contribution in [0.25, 0.3) is 16.8 Å². The number of rotatable bonds is 11. The lowest BCUT2D eigenvalue weighted by Crippen LogP contribution is -2.27. The Morgan fingerprint density at radius 2 is 1.72 bits per heavy atom. The topological polar surface area (TPSA) is 3.24 Å². The van der Waals surface area contributed by atoms with Gasteiger partial charge in [-0.2, -0.15) is 0 Å². The van der Waals surface area contributed by atoms with E-state index in [4.69, 9.17) is 0 Å². The van der Waals surface area contributed by atoms with Gasteiger partial charge in [0.2, 0.25) is 0 Å². The molecule has 1 aliphatic heterocycles. The zero-order valence-electron chi connectivity index (χ0n) is 22.0. The molecule has 1 unspecified atom stereocenters. The third-order valence-corrected chi connectivity index (χ3v) is 7.77. The van der Waals surface area contributed by atoms with Gasteiger partial charge in [-0.3, -0.25) is 0 Å². The van der Waals surface area contributed by atoms with Crippen LogP contribution in [0.15, 0.2) is 86.0 Å². The van der Waals surface area contributed by atoms with Crippen molar-refractivity contribution in [2.24, 2.45) is 0 Å². The van der Waals surface area contributed by atoms with Gasteiger partial charge in [-0.1, -0.05) is 105 Å². The van der Waals surface area contributed by atoms with Crippen LogP contribution >= 0.6 is 0 Å². The lowest BCUT2D eigenvalue weighted by molar-refractivity contribution is 0.493. The summed E-state index contributed by atoms with van der Waals surface area (Å²) in [5.41, 5.74) is 6.59. The Hall–Kier alpha value is -3.13. The molecule has 0 aliphatic carbocycles. The summed E-state index contributed by atoms with van der Waals surface area (Å²) in [6.45, 7) is 15.2. The van der Waals surface area contributed by atoms with Crippen molar-refractivity contribution in [3.63, 3.8) is 0 Å². The molecule has 0 amide bonds. The molecule has 3 aromatic carbocycles. The quantitative estimate of drug-likeness (QED) is 0.195. The zero-order chi connectivity index (χ0) is 25.5. The first-order valence-corrected chi connectivity index (χ1v) is 13.5. The molecule has 1 aliphatic rings. The number of unbranched alkanes of at least 4 members (excludes halogenated alkanes) is 3. The summed E-state index contributed by atoms with van der Waals surface area (Å²) < 4.78 is 15.6. The molecule has 2 heteroatoms. The van der Waals surface area contributed by atoms with Crippen molar-refractivity contribution >= 4 is 5.70 Å². The van der Waals surface area contributed by atoms with E-state index in [1.807, 2.05) is 18.2 Å². The van der Waals surface area contributed by atoms with Crippen LogP contribution in [0, 0.1) is 12.7 Å². The summed E-state index contributed by atoms with van der Waals surface area (Å²) in [5, 5.41) is 0. The molecule has 1 fully saturated rings. The molecule has 1 saturated heterocycles. The molecule has 0 bridgehead atoms. The second kappa shape index (κ2) is 11.7. The normalized spacial score (nSPS) is 15.0. The Labute approximate surface area is 217 Å². The Morgan fingerprint density at radius 1 is 0.972 bits per heavy atom. The molecule has 3 aromatic rings. The van der Waals surface area contributed by atoms with Gasteiger partial charge in [0.1, 0.15) is 5.82 Å². The van der Waals surface area contributed by atoms with Gasteiger partial charge in [-0.15, -0.1) is 6.58 Å². The van der Waals surface area contributed by atoms with Crippen LogP contribution in [0.5, 0.6) is 0 Å². The van der Waals surface area contributed by atoms with Gasteiger partial charge < -0.3 is 4.90 Å². The lowest BCUT2D eigenvalue weighted by atomic mass is 9.68. The second-order valence-electron chi connectivity index (χ2n) is 10.2. The van der Waals surface area contributed by atoms with Crippen LogP contribution < -0.4 is 0 Å². The fourth-order valence-corrected chi connectivity index (χ4v) is 5.73. The number of nitrogens with zero attached hydrogens (tertiary/aromatic N) is 1. The first-order valence-electron chi connectivity index (χ1n) is 13.5. The Balaban J connectivity index is 1.87. The molecule has 1 heterocycles. The van der Waals surface area contributed by atoms with E-state index in [1.54, 1.807) is 6.07 Å². The largest absolute Gasteiger partial charge is 0.372 e. The number of hydrogen-bond acceptors (Lipinski definition) is 1. The molecule has 1 atom stereocenters.